The molecule has 0 bridgehead atoms. The summed E-state index contributed by atoms with van der Waals surface area (Å²) in [5.74, 6) is 0. The molecule has 3 aliphatic rings. The Kier molecular flexibility index (Phi) is 3.38. The van der Waals surface area contributed by atoms with Gasteiger partial charge in [0.05, 0.1) is 17.4 Å². The van der Waals surface area contributed by atoms with Crippen LogP contribution >= 0.6 is 0 Å². The number of piperidine rings is 1. The number of hydrogen-bond acceptors (Lipinski definition) is 3. The van der Waals surface area contributed by atoms with Gasteiger partial charge in [-0.2, -0.15) is 8.78 Å². The van der Waals surface area contributed by atoms with Crippen LogP contribution in [0.3, 0.4) is 0 Å². The van der Waals surface area contributed by atoms with Crippen LogP contribution in [0.25, 0.3) is 11.8 Å². The standard InChI is InChI=1S/C21H20F2N2O/c22-21(23)19-6-2-1-5-18(19)20-11-14-7-8-16(10-15(14)12-25(20)21)24-9-3-4-17(26)13-24/h1-2,5-8,10-11,17,26H,3-4,9,12-13H2. The van der Waals surface area contributed by atoms with Crippen LogP contribution in [-0.2, 0) is 12.6 Å². The molecule has 2 aromatic carbocycles. The topological polar surface area (TPSA) is 26.7 Å². The minimum absolute atomic E-state index is 0.0819. The molecule has 0 amide bonds. The normalized spacial score (nSPS) is 23.2. The van der Waals surface area contributed by atoms with E-state index in [9.17, 15) is 13.9 Å². The summed E-state index contributed by atoms with van der Waals surface area (Å²) in [6.07, 6.45) is 3.32. The lowest BCUT2D eigenvalue weighted by atomic mass is 9.98. The highest BCUT2D eigenvalue weighted by Gasteiger charge is 2.49. The van der Waals surface area contributed by atoms with Gasteiger partial charge in [0.25, 0.3) is 0 Å². The maximum atomic E-state index is 14.9. The van der Waals surface area contributed by atoms with Crippen molar-refractivity contribution in [3.63, 3.8) is 0 Å². The second-order valence-electron chi connectivity index (χ2n) is 7.33. The monoisotopic (exact) mass is 354 g/mol. The van der Waals surface area contributed by atoms with E-state index in [0.29, 0.717) is 17.8 Å². The van der Waals surface area contributed by atoms with Gasteiger partial charge in [-0.1, -0.05) is 30.3 Å². The number of nitrogens with zero attached hydrogens (tertiary/aromatic N) is 2. The number of rotatable bonds is 1. The molecule has 3 aliphatic heterocycles. The highest BCUT2D eigenvalue weighted by molar-refractivity contribution is 5.87. The lowest BCUT2D eigenvalue weighted by Gasteiger charge is -2.34. The third-order valence-electron chi connectivity index (χ3n) is 5.67. The fourth-order valence-corrected chi connectivity index (χ4v) is 4.32. The summed E-state index contributed by atoms with van der Waals surface area (Å²) >= 11 is 0. The third kappa shape index (κ3) is 2.27. The first kappa shape index (κ1) is 15.8. The molecule has 1 saturated heterocycles. The molecule has 26 heavy (non-hydrogen) atoms. The molecular formula is C21H20F2N2O. The highest BCUT2D eigenvalue weighted by atomic mass is 19.3. The first-order valence-electron chi connectivity index (χ1n) is 9.07. The van der Waals surface area contributed by atoms with E-state index < -0.39 is 6.05 Å². The van der Waals surface area contributed by atoms with Crippen molar-refractivity contribution in [2.24, 2.45) is 0 Å². The molecule has 0 aliphatic carbocycles. The number of hydrogen-bond donors (Lipinski definition) is 1. The Hall–Kier alpha value is -2.40. The Morgan fingerprint density at radius 1 is 1.12 bits per heavy atom. The maximum Gasteiger partial charge on any atom is 0.353 e. The van der Waals surface area contributed by atoms with E-state index >= 15 is 0 Å². The van der Waals surface area contributed by atoms with Gasteiger partial charge in [-0.25, -0.2) is 0 Å². The van der Waals surface area contributed by atoms with Gasteiger partial charge in [-0.05, 0) is 42.2 Å². The lowest BCUT2D eigenvalue weighted by molar-refractivity contribution is -0.119. The zero-order valence-electron chi connectivity index (χ0n) is 14.3. The van der Waals surface area contributed by atoms with Crippen molar-refractivity contribution < 1.29 is 13.9 Å². The summed E-state index contributed by atoms with van der Waals surface area (Å²) in [5, 5.41) is 9.91. The first-order chi connectivity index (χ1) is 12.5. The summed E-state index contributed by atoms with van der Waals surface area (Å²) in [4.78, 5) is 3.35. The Morgan fingerprint density at radius 2 is 1.96 bits per heavy atom. The zero-order chi connectivity index (χ0) is 17.9. The molecule has 134 valence electrons. The first-order valence-corrected chi connectivity index (χ1v) is 9.07. The number of benzene rings is 2. The molecule has 0 saturated carbocycles. The SMILES string of the molecule is OC1CCCN(c2ccc3c(c2)CN2C(=C3)c3ccccc3C2(F)F)C1. The fourth-order valence-electron chi connectivity index (χ4n) is 4.32. The Morgan fingerprint density at radius 3 is 2.81 bits per heavy atom. The Balaban J connectivity index is 1.54. The maximum absolute atomic E-state index is 14.9. The largest absolute Gasteiger partial charge is 0.391 e. The number of aliphatic hydroxyl groups excluding tert-OH is 1. The predicted molar refractivity (Wildman–Crippen MR) is 97.6 cm³/mol. The molecule has 3 nitrogen and oxygen atoms in total. The van der Waals surface area contributed by atoms with E-state index in [4.69, 9.17) is 0 Å². The second kappa shape index (κ2) is 5.55. The molecule has 5 heteroatoms. The van der Waals surface area contributed by atoms with E-state index in [1.807, 2.05) is 24.3 Å². The molecular weight excluding hydrogens is 334 g/mol. The van der Waals surface area contributed by atoms with Crippen LogP contribution in [0.4, 0.5) is 14.5 Å². The number of aliphatic hydroxyl groups is 1. The van der Waals surface area contributed by atoms with E-state index in [-0.39, 0.29) is 18.2 Å². The average Bonchev–Trinajstić information content (AvgIpc) is 2.87. The molecule has 1 unspecified atom stereocenters. The van der Waals surface area contributed by atoms with Crippen molar-refractivity contribution in [2.45, 2.75) is 31.5 Å². The number of β-amino-alcohol motifs (C(OH)–C–C–N with tert-alkyl or cyclic N) is 1. The van der Waals surface area contributed by atoms with E-state index in [1.54, 1.807) is 18.2 Å². The van der Waals surface area contributed by atoms with Gasteiger partial charge in [0.1, 0.15) is 0 Å². The van der Waals surface area contributed by atoms with Gasteiger partial charge in [0.15, 0.2) is 0 Å². The number of halogens is 2. The highest BCUT2D eigenvalue weighted by Crippen LogP contribution is 2.51. The van der Waals surface area contributed by atoms with Crippen molar-refractivity contribution in [2.75, 3.05) is 18.0 Å². The van der Waals surface area contributed by atoms with Crippen molar-refractivity contribution >= 4 is 17.5 Å². The molecule has 1 fully saturated rings. The summed E-state index contributed by atoms with van der Waals surface area (Å²) in [6, 6.07) is 9.80. The summed E-state index contributed by atoms with van der Waals surface area (Å²) in [7, 11) is 0. The van der Waals surface area contributed by atoms with E-state index in [0.717, 1.165) is 36.2 Å². The minimum atomic E-state index is -2.99. The lowest BCUT2D eigenvalue weighted by Crippen LogP contribution is -2.38. The predicted octanol–water partition coefficient (Wildman–Crippen LogP) is 4.02. The summed E-state index contributed by atoms with van der Waals surface area (Å²) < 4.78 is 29.8. The van der Waals surface area contributed by atoms with Gasteiger partial charge in [0, 0.05) is 30.9 Å². The average molecular weight is 354 g/mol. The van der Waals surface area contributed by atoms with Gasteiger partial charge in [-0.3, -0.25) is 0 Å². The van der Waals surface area contributed by atoms with Crippen molar-refractivity contribution in [3.05, 3.63) is 64.7 Å². The number of fused-ring (bicyclic) bond motifs is 4. The zero-order valence-corrected chi connectivity index (χ0v) is 14.3. The van der Waals surface area contributed by atoms with Crippen LogP contribution < -0.4 is 4.90 Å². The Bertz CT molecular complexity index is 909. The van der Waals surface area contributed by atoms with Crippen molar-refractivity contribution in [1.29, 1.82) is 0 Å². The van der Waals surface area contributed by atoms with Crippen LogP contribution in [0.2, 0.25) is 0 Å². The van der Waals surface area contributed by atoms with Crippen LogP contribution in [0.5, 0.6) is 0 Å². The van der Waals surface area contributed by atoms with Crippen LogP contribution in [0, 0.1) is 0 Å². The van der Waals surface area contributed by atoms with Gasteiger partial charge < -0.3 is 14.9 Å². The van der Waals surface area contributed by atoms with E-state index in [2.05, 4.69) is 4.90 Å². The van der Waals surface area contributed by atoms with Crippen molar-refractivity contribution in [3.8, 4) is 0 Å². The third-order valence-corrected chi connectivity index (χ3v) is 5.67. The smallest absolute Gasteiger partial charge is 0.353 e. The summed E-state index contributed by atoms with van der Waals surface area (Å²) in [5.41, 5.74) is 4.19. The number of alkyl halides is 2. The molecule has 0 spiro atoms. The molecule has 2 aromatic rings. The van der Waals surface area contributed by atoms with Crippen LogP contribution in [-0.4, -0.2) is 29.2 Å². The van der Waals surface area contributed by atoms with Crippen LogP contribution in [0.1, 0.15) is 35.1 Å². The second-order valence-corrected chi connectivity index (χ2v) is 7.33. The van der Waals surface area contributed by atoms with Gasteiger partial charge >= 0.3 is 6.05 Å². The van der Waals surface area contributed by atoms with Gasteiger partial charge in [-0.15, -0.1) is 0 Å². The fraction of sp³-hybridized carbons (Fsp3) is 0.333. The minimum Gasteiger partial charge on any atom is -0.391 e. The van der Waals surface area contributed by atoms with Gasteiger partial charge in [0.2, 0.25) is 0 Å². The van der Waals surface area contributed by atoms with Crippen LogP contribution in [0.15, 0.2) is 42.5 Å². The quantitative estimate of drug-likeness (QED) is 0.784. The molecule has 5 rings (SSSR count). The summed E-state index contributed by atoms with van der Waals surface area (Å²) in [6.45, 7) is 1.68. The van der Waals surface area contributed by atoms with E-state index in [1.165, 1.54) is 11.0 Å². The Labute approximate surface area is 151 Å². The molecule has 0 aromatic heterocycles. The molecule has 3 heterocycles. The molecule has 1 atom stereocenters. The molecule has 0 radical (unpaired) electrons. The molecule has 1 N–H and O–H groups in total. The van der Waals surface area contributed by atoms with Crippen molar-refractivity contribution in [1.82, 2.24) is 4.90 Å². The number of anilines is 1.